The first kappa shape index (κ1) is 14.9. The number of rotatable bonds is 2. The highest BCUT2D eigenvalue weighted by Crippen LogP contribution is 2.39. The van der Waals surface area contributed by atoms with E-state index in [-0.39, 0.29) is 5.60 Å². The van der Waals surface area contributed by atoms with Crippen LogP contribution in [0.2, 0.25) is 0 Å². The van der Waals surface area contributed by atoms with Crippen LogP contribution in [0.3, 0.4) is 0 Å². The van der Waals surface area contributed by atoms with E-state index >= 15 is 0 Å². The van der Waals surface area contributed by atoms with E-state index in [4.69, 9.17) is 14.5 Å². The van der Waals surface area contributed by atoms with Crippen LogP contribution in [0.1, 0.15) is 49.5 Å². The van der Waals surface area contributed by atoms with Gasteiger partial charge in [-0.25, -0.2) is 9.97 Å². The molecular weight excluding hydrogens is 292 g/mol. The first-order chi connectivity index (χ1) is 11.3. The van der Waals surface area contributed by atoms with Gasteiger partial charge in [-0.1, -0.05) is 0 Å². The molecule has 122 valence electrons. The van der Waals surface area contributed by atoms with E-state index in [0.29, 0.717) is 18.2 Å². The molecule has 3 fully saturated rings. The summed E-state index contributed by atoms with van der Waals surface area (Å²) in [4.78, 5) is 11.3. The predicted molar refractivity (Wildman–Crippen MR) is 84.3 cm³/mol. The van der Waals surface area contributed by atoms with Crippen LogP contribution >= 0.6 is 0 Å². The van der Waals surface area contributed by atoms with Gasteiger partial charge < -0.3 is 14.4 Å². The average Bonchev–Trinajstić information content (AvgIpc) is 3.43. The van der Waals surface area contributed by atoms with Crippen molar-refractivity contribution in [3.05, 3.63) is 17.6 Å². The third kappa shape index (κ3) is 3.17. The van der Waals surface area contributed by atoms with E-state index in [0.717, 1.165) is 70.0 Å². The van der Waals surface area contributed by atoms with Crippen molar-refractivity contribution in [1.82, 2.24) is 9.97 Å². The fourth-order valence-corrected chi connectivity index (χ4v) is 3.46. The monoisotopic (exact) mass is 314 g/mol. The molecule has 3 heterocycles. The molecule has 1 spiro atoms. The Hall–Kier alpha value is -1.71. The van der Waals surface area contributed by atoms with Gasteiger partial charge in [-0.2, -0.15) is 5.26 Å². The second kappa shape index (κ2) is 6.06. The van der Waals surface area contributed by atoms with Gasteiger partial charge in [0, 0.05) is 38.3 Å². The van der Waals surface area contributed by atoms with E-state index in [9.17, 15) is 5.26 Å². The quantitative estimate of drug-likeness (QED) is 0.831. The second-order valence-electron chi connectivity index (χ2n) is 6.74. The molecule has 1 saturated carbocycles. The first-order valence-electron chi connectivity index (χ1n) is 8.54. The topological polar surface area (TPSA) is 71.3 Å². The molecule has 2 saturated heterocycles. The molecule has 1 aromatic rings. The van der Waals surface area contributed by atoms with Crippen LogP contribution < -0.4 is 4.90 Å². The van der Waals surface area contributed by atoms with Crippen LogP contribution in [0.5, 0.6) is 0 Å². The summed E-state index contributed by atoms with van der Waals surface area (Å²) in [5.41, 5.74) is 0.445. The first-order valence-corrected chi connectivity index (χ1v) is 8.54. The molecule has 0 atom stereocenters. The van der Waals surface area contributed by atoms with Crippen LogP contribution in [0, 0.1) is 11.3 Å². The highest BCUT2D eigenvalue weighted by Gasteiger charge is 2.36. The molecule has 0 bridgehead atoms. The molecule has 2 aliphatic heterocycles. The molecule has 6 heteroatoms. The van der Waals surface area contributed by atoms with Crippen LogP contribution in [0.15, 0.2) is 6.07 Å². The highest BCUT2D eigenvalue weighted by molar-refractivity contribution is 5.44. The van der Waals surface area contributed by atoms with Crippen molar-refractivity contribution in [3.8, 4) is 6.07 Å². The SMILES string of the molecule is N#Cc1cc(N2CCOC3(CCOCC3)CC2)nc(C2CC2)n1. The smallest absolute Gasteiger partial charge is 0.146 e. The van der Waals surface area contributed by atoms with E-state index < -0.39 is 0 Å². The lowest BCUT2D eigenvalue weighted by Crippen LogP contribution is -2.39. The normalized spacial score (nSPS) is 24.2. The number of nitrogens with zero attached hydrogens (tertiary/aromatic N) is 4. The van der Waals surface area contributed by atoms with Crippen molar-refractivity contribution >= 4 is 5.82 Å². The molecule has 0 aromatic carbocycles. The molecule has 6 nitrogen and oxygen atoms in total. The molecule has 4 rings (SSSR count). The van der Waals surface area contributed by atoms with Crippen molar-refractivity contribution < 1.29 is 9.47 Å². The summed E-state index contributed by atoms with van der Waals surface area (Å²) >= 11 is 0. The number of hydrogen-bond acceptors (Lipinski definition) is 6. The number of ether oxygens (including phenoxy) is 2. The summed E-state index contributed by atoms with van der Waals surface area (Å²) in [6.07, 6.45) is 5.21. The Morgan fingerprint density at radius 2 is 1.96 bits per heavy atom. The third-order valence-electron chi connectivity index (χ3n) is 5.12. The third-order valence-corrected chi connectivity index (χ3v) is 5.12. The fraction of sp³-hybridized carbons (Fsp3) is 0.706. The lowest BCUT2D eigenvalue weighted by Gasteiger charge is -2.35. The average molecular weight is 314 g/mol. The van der Waals surface area contributed by atoms with Crippen molar-refractivity contribution in [2.75, 3.05) is 37.8 Å². The lowest BCUT2D eigenvalue weighted by atomic mass is 9.90. The fourth-order valence-electron chi connectivity index (χ4n) is 3.46. The molecule has 0 amide bonds. The van der Waals surface area contributed by atoms with Gasteiger partial charge in [0.1, 0.15) is 23.4 Å². The molecule has 0 unspecified atom stereocenters. The van der Waals surface area contributed by atoms with Gasteiger partial charge in [-0.3, -0.25) is 0 Å². The van der Waals surface area contributed by atoms with Gasteiger partial charge in [-0.15, -0.1) is 0 Å². The zero-order valence-corrected chi connectivity index (χ0v) is 13.3. The molecule has 23 heavy (non-hydrogen) atoms. The summed E-state index contributed by atoms with van der Waals surface area (Å²) < 4.78 is 11.7. The highest BCUT2D eigenvalue weighted by atomic mass is 16.5. The molecule has 1 aromatic heterocycles. The van der Waals surface area contributed by atoms with Crippen LogP contribution in [-0.2, 0) is 9.47 Å². The molecule has 3 aliphatic rings. The Kier molecular flexibility index (Phi) is 3.92. The number of hydrogen-bond donors (Lipinski definition) is 0. The van der Waals surface area contributed by atoms with E-state index in [1.54, 1.807) is 0 Å². The van der Waals surface area contributed by atoms with Crippen LogP contribution in [-0.4, -0.2) is 48.5 Å². The van der Waals surface area contributed by atoms with E-state index in [1.165, 1.54) is 0 Å². The van der Waals surface area contributed by atoms with Gasteiger partial charge in [0.2, 0.25) is 0 Å². The molecular formula is C17H22N4O2. The van der Waals surface area contributed by atoms with E-state index in [1.807, 2.05) is 6.07 Å². The number of nitriles is 1. The Morgan fingerprint density at radius 1 is 1.13 bits per heavy atom. The summed E-state index contributed by atoms with van der Waals surface area (Å²) in [5.74, 6) is 2.17. The van der Waals surface area contributed by atoms with Crippen LogP contribution in [0.25, 0.3) is 0 Å². The van der Waals surface area contributed by atoms with Gasteiger partial charge >= 0.3 is 0 Å². The zero-order chi connectivity index (χ0) is 15.7. The van der Waals surface area contributed by atoms with Gasteiger partial charge in [-0.05, 0) is 32.1 Å². The molecule has 0 N–H and O–H groups in total. The zero-order valence-electron chi connectivity index (χ0n) is 13.3. The Labute approximate surface area is 136 Å². The maximum absolute atomic E-state index is 9.24. The maximum Gasteiger partial charge on any atom is 0.146 e. The summed E-state index contributed by atoms with van der Waals surface area (Å²) in [6.45, 7) is 4.00. The summed E-state index contributed by atoms with van der Waals surface area (Å²) in [7, 11) is 0. The maximum atomic E-state index is 9.24. The van der Waals surface area contributed by atoms with Crippen molar-refractivity contribution in [2.45, 2.75) is 43.6 Å². The minimum Gasteiger partial charge on any atom is -0.381 e. The predicted octanol–water partition coefficient (Wildman–Crippen LogP) is 2.00. The second-order valence-corrected chi connectivity index (χ2v) is 6.74. The van der Waals surface area contributed by atoms with Crippen LogP contribution in [0.4, 0.5) is 5.82 Å². The number of aromatic nitrogens is 2. The largest absolute Gasteiger partial charge is 0.381 e. The standard InChI is InChI=1S/C17H22N4O2/c18-12-14-11-15(20-16(19-14)13-1-2-13)21-6-3-17(23-10-7-21)4-8-22-9-5-17/h11,13H,1-10H2. The van der Waals surface area contributed by atoms with Gasteiger partial charge in [0.05, 0.1) is 12.2 Å². The molecule has 1 aliphatic carbocycles. The van der Waals surface area contributed by atoms with Crippen molar-refractivity contribution in [3.63, 3.8) is 0 Å². The summed E-state index contributed by atoms with van der Waals surface area (Å²) in [5, 5.41) is 9.24. The van der Waals surface area contributed by atoms with E-state index in [2.05, 4.69) is 16.0 Å². The minimum atomic E-state index is -0.0303. The lowest BCUT2D eigenvalue weighted by molar-refractivity contribution is -0.105. The Balaban J connectivity index is 1.54. The summed E-state index contributed by atoms with van der Waals surface area (Å²) in [6, 6.07) is 3.99. The van der Waals surface area contributed by atoms with Crippen molar-refractivity contribution in [2.24, 2.45) is 0 Å². The minimum absolute atomic E-state index is 0.0303. The Morgan fingerprint density at radius 3 is 2.70 bits per heavy atom. The molecule has 0 radical (unpaired) electrons. The number of anilines is 1. The van der Waals surface area contributed by atoms with Gasteiger partial charge in [0.25, 0.3) is 0 Å². The Bertz CT molecular complexity index is 618. The van der Waals surface area contributed by atoms with Crippen molar-refractivity contribution in [1.29, 1.82) is 5.26 Å². The van der Waals surface area contributed by atoms with Gasteiger partial charge in [0.15, 0.2) is 0 Å².